The topological polar surface area (TPSA) is 49.5 Å². The van der Waals surface area contributed by atoms with Crippen LogP contribution in [0.4, 0.5) is 0 Å². The highest BCUT2D eigenvalue weighted by molar-refractivity contribution is 5.21. The van der Waals surface area contributed by atoms with Crippen molar-refractivity contribution in [3.63, 3.8) is 0 Å². The monoisotopic (exact) mass is 222 g/mol. The summed E-state index contributed by atoms with van der Waals surface area (Å²) >= 11 is 0. The fourth-order valence-corrected chi connectivity index (χ4v) is 1.66. The zero-order valence-electron chi connectivity index (χ0n) is 10.2. The van der Waals surface area contributed by atoms with E-state index >= 15 is 0 Å². The summed E-state index contributed by atoms with van der Waals surface area (Å²) in [5.41, 5.74) is 7.77. The minimum absolute atomic E-state index is 0.111. The zero-order valence-corrected chi connectivity index (χ0v) is 10.2. The molecule has 0 spiro atoms. The molecule has 0 fully saturated rings. The molecule has 1 aromatic carbocycles. The Labute approximate surface area is 97.9 Å². The minimum atomic E-state index is 0.111. The van der Waals surface area contributed by atoms with Crippen LogP contribution in [0.1, 0.15) is 24.5 Å². The number of nitrogens with two attached hydrogens (primary N) is 1. The molecular formula is C13H22N2O. The van der Waals surface area contributed by atoms with Crippen molar-refractivity contribution in [1.82, 2.24) is 4.90 Å². The molecule has 0 bridgehead atoms. The van der Waals surface area contributed by atoms with E-state index in [0.29, 0.717) is 6.04 Å². The molecule has 90 valence electrons. The van der Waals surface area contributed by atoms with Gasteiger partial charge in [-0.05, 0) is 38.1 Å². The van der Waals surface area contributed by atoms with Crippen molar-refractivity contribution >= 4 is 0 Å². The van der Waals surface area contributed by atoms with E-state index in [1.807, 2.05) is 12.1 Å². The maximum absolute atomic E-state index is 8.94. The quantitative estimate of drug-likeness (QED) is 0.764. The van der Waals surface area contributed by atoms with Crippen molar-refractivity contribution in [3.8, 4) is 0 Å². The van der Waals surface area contributed by atoms with Gasteiger partial charge in [0.15, 0.2) is 0 Å². The largest absolute Gasteiger partial charge is 0.392 e. The van der Waals surface area contributed by atoms with Gasteiger partial charge in [0.05, 0.1) is 6.61 Å². The molecule has 0 aliphatic rings. The van der Waals surface area contributed by atoms with E-state index in [1.54, 1.807) is 0 Å². The van der Waals surface area contributed by atoms with Crippen LogP contribution < -0.4 is 5.73 Å². The second-order valence-corrected chi connectivity index (χ2v) is 4.32. The summed E-state index contributed by atoms with van der Waals surface area (Å²) in [5.74, 6) is 0. The van der Waals surface area contributed by atoms with E-state index in [9.17, 15) is 0 Å². The van der Waals surface area contributed by atoms with Gasteiger partial charge >= 0.3 is 0 Å². The lowest BCUT2D eigenvalue weighted by atomic mass is 10.1. The molecule has 3 N–H and O–H groups in total. The number of aliphatic hydroxyl groups is 1. The Morgan fingerprint density at radius 1 is 1.25 bits per heavy atom. The highest BCUT2D eigenvalue weighted by Gasteiger charge is 2.08. The second-order valence-electron chi connectivity index (χ2n) is 4.32. The van der Waals surface area contributed by atoms with Crippen LogP contribution in [0.5, 0.6) is 0 Å². The van der Waals surface area contributed by atoms with Crippen molar-refractivity contribution in [3.05, 3.63) is 35.4 Å². The van der Waals surface area contributed by atoms with Crippen LogP contribution in [0.2, 0.25) is 0 Å². The number of hydrogen-bond donors (Lipinski definition) is 2. The van der Waals surface area contributed by atoms with E-state index in [0.717, 1.165) is 25.1 Å². The first-order valence-corrected chi connectivity index (χ1v) is 5.76. The first-order valence-electron chi connectivity index (χ1n) is 5.76. The van der Waals surface area contributed by atoms with E-state index in [4.69, 9.17) is 10.8 Å². The fourth-order valence-electron chi connectivity index (χ4n) is 1.66. The van der Waals surface area contributed by atoms with Crippen LogP contribution in [-0.2, 0) is 13.2 Å². The Morgan fingerprint density at radius 2 is 1.81 bits per heavy atom. The average molecular weight is 222 g/mol. The molecule has 0 radical (unpaired) electrons. The molecule has 3 heteroatoms. The highest BCUT2D eigenvalue weighted by Crippen LogP contribution is 2.09. The molecule has 0 heterocycles. The van der Waals surface area contributed by atoms with Crippen LogP contribution >= 0.6 is 0 Å². The molecule has 1 aromatic rings. The number of rotatable bonds is 6. The molecule has 0 saturated heterocycles. The Kier molecular flexibility index (Phi) is 5.46. The first-order chi connectivity index (χ1) is 7.67. The van der Waals surface area contributed by atoms with Crippen molar-refractivity contribution in [2.45, 2.75) is 32.5 Å². The van der Waals surface area contributed by atoms with Crippen molar-refractivity contribution in [1.29, 1.82) is 0 Å². The molecule has 0 aliphatic heterocycles. The molecule has 16 heavy (non-hydrogen) atoms. The third-order valence-electron chi connectivity index (χ3n) is 2.97. The van der Waals surface area contributed by atoms with Crippen molar-refractivity contribution in [2.24, 2.45) is 5.73 Å². The third kappa shape index (κ3) is 3.93. The molecule has 1 unspecified atom stereocenters. The summed E-state index contributed by atoms with van der Waals surface area (Å²) in [5, 5.41) is 8.94. The summed E-state index contributed by atoms with van der Waals surface area (Å²) < 4.78 is 0. The number of nitrogens with zero attached hydrogens (tertiary/aromatic N) is 1. The normalized spacial score (nSPS) is 13.1. The van der Waals surface area contributed by atoms with E-state index in [-0.39, 0.29) is 6.61 Å². The fraction of sp³-hybridized carbons (Fsp3) is 0.538. The van der Waals surface area contributed by atoms with Crippen molar-refractivity contribution in [2.75, 3.05) is 13.6 Å². The van der Waals surface area contributed by atoms with Gasteiger partial charge in [-0.25, -0.2) is 0 Å². The van der Waals surface area contributed by atoms with Crippen LogP contribution in [0, 0.1) is 0 Å². The summed E-state index contributed by atoms with van der Waals surface area (Å²) in [6.07, 6.45) is 1.02. The maximum atomic E-state index is 8.94. The lowest BCUT2D eigenvalue weighted by Crippen LogP contribution is -2.30. The standard InChI is InChI=1S/C13H22N2O/c1-11(7-8-14)15(2)9-12-3-5-13(10-16)6-4-12/h3-6,11,16H,7-10,14H2,1-2H3. The zero-order chi connectivity index (χ0) is 12.0. The van der Waals surface area contributed by atoms with E-state index < -0.39 is 0 Å². The molecule has 0 aliphatic carbocycles. The Balaban J connectivity index is 2.52. The molecule has 0 aromatic heterocycles. The lowest BCUT2D eigenvalue weighted by Gasteiger charge is -2.24. The Bertz CT molecular complexity index is 297. The van der Waals surface area contributed by atoms with Gasteiger partial charge in [0.1, 0.15) is 0 Å². The lowest BCUT2D eigenvalue weighted by molar-refractivity contribution is 0.240. The summed E-state index contributed by atoms with van der Waals surface area (Å²) in [4.78, 5) is 2.29. The van der Waals surface area contributed by atoms with Gasteiger partial charge in [-0.3, -0.25) is 4.90 Å². The minimum Gasteiger partial charge on any atom is -0.392 e. The SMILES string of the molecule is CC(CCN)N(C)Cc1ccc(CO)cc1. The highest BCUT2D eigenvalue weighted by atomic mass is 16.3. The maximum Gasteiger partial charge on any atom is 0.0681 e. The summed E-state index contributed by atoms with van der Waals surface area (Å²) in [7, 11) is 2.11. The predicted octanol–water partition coefficient (Wildman–Crippen LogP) is 1.35. The van der Waals surface area contributed by atoms with Crippen LogP contribution in [0.15, 0.2) is 24.3 Å². The van der Waals surface area contributed by atoms with Gasteiger partial charge in [-0.1, -0.05) is 24.3 Å². The Morgan fingerprint density at radius 3 is 2.31 bits per heavy atom. The van der Waals surface area contributed by atoms with Crippen molar-refractivity contribution < 1.29 is 5.11 Å². The van der Waals surface area contributed by atoms with Crippen LogP contribution in [-0.4, -0.2) is 29.6 Å². The van der Waals surface area contributed by atoms with Crippen LogP contribution in [0.3, 0.4) is 0 Å². The first kappa shape index (κ1) is 13.2. The number of benzene rings is 1. The third-order valence-corrected chi connectivity index (χ3v) is 2.97. The van der Waals surface area contributed by atoms with Gasteiger partial charge in [-0.15, -0.1) is 0 Å². The summed E-state index contributed by atoms with van der Waals surface area (Å²) in [6, 6.07) is 8.57. The van der Waals surface area contributed by atoms with Gasteiger partial charge in [0.25, 0.3) is 0 Å². The molecule has 0 saturated carbocycles. The predicted molar refractivity (Wildman–Crippen MR) is 67.0 cm³/mol. The van der Waals surface area contributed by atoms with Gasteiger partial charge in [0.2, 0.25) is 0 Å². The number of hydrogen-bond acceptors (Lipinski definition) is 3. The van der Waals surface area contributed by atoms with E-state index in [2.05, 4.69) is 31.0 Å². The van der Waals surface area contributed by atoms with Crippen LogP contribution in [0.25, 0.3) is 0 Å². The smallest absolute Gasteiger partial charge is 0.0681 e. The second kappa shape index (κ2) is 6.63. The molecular weight excluding hydrogens is 200 g/mol. The van der Waals surface area contributed by atoms with E-state index in [1.165, 1.54) is 5.56 Å². The molecule has 1 atom stereocenters. The van der Waals surface area contributed by atoms with Gasteiger partial charge in [0, 0.05) is 12.6 Å². The molecule has 1 rings (SSSR count). The summed E-state index contributed by atoms with van der Waals surface area (Å²) in [6.45, 7) is 3.95. The number of aliphatic hydroxyl groups excluding tert-OH is 1. The molecule has 3 nitrogen and oxygen atoms in total. The van der Waals surface area contributed by atoms with Gasteiger partial charge in [-0.2, -0.15) is 0 Å². The van der Waals surface area contributed by atoms with Gasteiger partial charge < -0.3 is 10.8 Å². The average Bonchev–Trinajstić information content (AvgIpc) is 2.30. The molecule has 0 amide bonds. The Hall–Kier alpha value is -0.900.